The van der Waals surface area contributed by atoms with Crippen LogP contribution in [0, 0.1) is 6.08 Å². The molecule has 13 heavy (non-hydrogen) atoms. The summed E-state index contributed by atoms with van der Waals surface area (Å²) < 4.78 is 9.51. The van der Waals surface area contributed by atoms with Crippen molar-refractivity contribution in [2.45, 2.75) is 6.92 Å². The average Bonchev–Trinajstić information content (AvgIpc) is 2.10. The first-order valence-corrected chi connectivity index (χ1v) is 3.63. The minimum atomic E-state index is -0.462. The van der Waals surface area contributed by atoms with E-state index in [1.54, 1.807) is 0 Å². The molecule has 0 heterocycles. The molecule has 0 fully saturated rings. The van der Waals surface area contributed by atoms with E-state index in [4.69, 9.17) is 9.47 Å². The third-order valence-corrected chi connectivity index (χ3v) is 1.67. The van der Waals surface area contributed by atoms with Crippen molar-refractivity contribution < 1.29 is 19.1 Å². The van der Waals surface area contributed by atoms with E-state index in [0.717, 1.165) is 0 Å². The molecule has 0 aromatic heterocycles. The highest BCUT2D eigenvalue weighted by atomic mass is 16.5. The van der Waals surface area contributed by atoms with Crippen LogP contribution < -0.4 is 0 Å². The first-order chi connectivity index (χ1) is 6.11. The van der Waals surface area contributed by atoms with Gasteiger partial charge in [0.1, 0.15) is 0 Å². The first kappa shape index (κ1) is 9.51. The van der Waals surface area contributed by atoms with E-state index < -0.39 is 5.78 Å². The molecule has 0 aromatic carbocycles. The highest BCUT2D eigenvalue weighted by Crippen LogP contribution is 2.18. The van der Waals surface area contributed by atoms with E-state index in [-0.39, 0.29) is 22.9 Å². The largest absolute Gasteiger partial charge is 0.489 e. The molecule has 1 aliphatic rings. The maximum absolute atomic E-state index is 11.4. The average molecular weight is 181 g/mol. The number of ether oxygens (including phenoxy) is 2. The molecule has 0 spiro atoms. The maximum Gasteiger partial charge on any atom is 0.232 e. The number of carbonyl (C=O) groups excluding carboxylic acids is 2. The molecule has 0 amide bonds. The topological polar surface area (TPSA) is 52.6 Å². The summed E-state index contributed by atoms with van der Waals surface area (Å²) in [6.07, 6.45) is 2.36. The molecule has 0 atom stereocenters. The fourth-order valence-corrected chi connectivity index (χ4v) is 1.03. The number of hydrogen-bond donors (Lipinski definition) is 0. The maximum atomic E-state index is 11.4. The molecular weight excluding hydrogens is 172 g/mol. The third kappa shape index (κ3) is 1.47. The van der Waals surface area contributed by atoms with Crippen LogP contribution in [0.1, 0.15) is 6.92 Å². The number of allylic oxidation sites excluding steroid dienone is 2. The van der Waals surface area contributed by atoms with Crippen LogP contribution in [-0.2, 0) is 19.1 Å². The van der Waals surface area contributed by atoms with E-state index >= 15 is 0 Å². The molecule has 0 bridgehead atoms. The van der Waals surface area contributed by atoms with E-state index in [0.29, 0.717) is 0 Å². The van der Waals surface area contributed by atoms with E-state index in [2.05, 4.69) is 6.08 Å². The van der Waals surface area contributed by atoms with Gasteiger partial charge in [-0.15, -0.1) is 0 Å². The third-order valence-electron chi connectivity index (χ3n) is 1.67. The molecule has 0 aromatic rings. The van der Waals surface area contributed by atoms with Gasteiger partial charge in [0.15, 0.2) is 0 Å². The number of carbonyl (C=O) groups is 2. The summed E-state index contributed by atoms with van der Waals surface area (Å²) in [4.78, 5) is 22.6. The van der Waals surface area contributed by atoms with Crippen molar-refractivity contribution in [3.05, 3.63) is 23.2 Å². The summed E-state index contributed by atoms with van der Waals surface area (Å²) in [7, 11) is 2.62. The van der Waals surface area contributed by atoms with Crippen LogP contribution in [0.15, 0.2) is 17.1 Å². The molecule has 4 nitrogen and oxygen atoms in total. The SMILES string of the molecule is COC1=C(OC)C(=O)C(C)=[C]C1=O. The summed E-state index contributed by atoms with van der Waals surface area (Å²) in [5.74, 6) is -0.961. The highest BCUT2D eigenvalue weighted by Gasteiger charge is 2.28. The zero-order valence-corrected chi connectivity index (χ0v) is 7.63. The van der Waals surface area contributed by atoms with Gasteiger partial charge in [-0.1, -0.05) is 0 Å². The van der Waals surface area contributed by atoms with Gasteiger partial charge in [-0.2, -0.15) is 0 Å². The second kappa shape index (κ2) is 3.43. The van der Waals surface area contributed by atoms with Gasteiger partial charge in [-0.25, -0.2) is 0 Å². The molecular formula is C9H9O4. The van der Waals surface area contributed by atoms with Crippen molar-refractivity contribution in [1.82, 2.24) is 0 Å². The lowest BCUT2D eigenvalue weighted by atomic mass is 10.0. The zero-order chi connectivity index (χ0) is 10.0. The van der Waals surface area contributed by atoms with E-state index in [1.807, 2.05) is 0 Å². The molecule has 0 unspecified atom stereocenters. The molecule has 1 rings (SSSR count). The van der Waals surface area contributed by atoms with Crippen LogP contribution in [0.4, 0.5) is 0 Å². The van der Waals surface area contributed by atoms with Gasteiger partial charge in [0.25, 0.3) is 0 Å². The Kier molecular flexibility index (Phi) is 2.51. The second-order valence-corrected chi connectivity index (χ2v) is 2.47. The molecule has 0 saturated carbocycles. The van der Waals surface area contributed by atoms with Gasteiger partial charge in [-0.05, 0) is 6.92 Å². The Bertz CT molecular complexity index is 323. The van der Waals surface area contributed by atoms with Crippen LogP contribution in [0.2, 0.25) is 0 Å². The summed E-state index contributed by atoms with van der Waals surface area (Å²) in [5, 5.41) is 0. The van der Waals surface area contributed by atoms with E-state index in [1.165, 1.54) is 21.1 Å². The van der Waals surface area contributed by atoms with Crippen molar-refractivity contribution in [1.29, 1.82) is 0 Å². The standard InChI is InChI=1S/C9H9O4/c1-5-4-6(10)8(12-2)9(13-3)7(5)11/h1-3H3. The van der Waals surface area contributed by atoms with Crippen molar-refractivity contribution >= 4 is 11.6 Å². The van der Waals surface area contributed by atoms with E-state index in [9.17, 15) is 9.59 Å². The summed E-state index contributed by atoms with van der Waals surface area (Å²) in [5.41, 5.74) is 0.239. The summed E-state index contributed by atoms with van der Waals surface area (Å²) >= 11 is 0. The van der Waals surface area contributed by atoms with Crippen LogP contribution in [0.5, 0.6) is 0 Å². The smallest absolute Gasteiger partial charge is 0.232 e. The Labute approximate surface area is 75.8 Å². The normalized spacial score (nSPS) is 17.3. The Morgan fingerprint density at radius 1 is 1.08 bits per heavy atom. The second-order valence-electron chi connectivity index (χ2n) is 2.47. The van der Waals surface area contributed by atoms with Gasteiger partial charge in [0, 0.05) is 11.6 Å². The first-order valence-electron chi connectivity index (χ1n) is 3.63. The van der Waals surface area contributed by atoms with Crippen LogP contribution in [0.3, 0.4) is 0 Å². The number of hydrogen-bond acceptors (Lipinski definition) is 4. The van der Waals surface area contributed by atoms with Crippen LogP contribution in [0.25, 0.3) is 0 Å². The Morgan fingerprint density at radius 2 is 1.62 bits per heavy atom. The molecule has 1 aliphatic carbocycles. The van der Waals surface area contributed by atoms with Crippen molar-refractivity contribution in [2.75, 3.05) is 14.2 Å². The minimum absolute atomic E-state index is 0.0521. The van der Waals surface area contributed by atoms with Crippen molar-refractivity contribution in [2.24, 2.45) is 0 Å². The minimum Gasteiger partial charge on any atom is -0.489 e. The van der Waals surface area contributed by atoms with Crippen molar-refractivity contribution in [3.63, 3.8) is 0 Å². The molecule has 0 N–H and O–H groups in total. The molecule has 69 valence electrons. The number of ketones is 2. The van der Waals surface area contributed by atoms with Gasteiger partial charge in [0.2, 0.25) is 23.1 Å². The predicted octanol–water partition coefficient (Wildman–Crippen LogP) is 0.392. The fourth-order valence-electron chi connectivity index (χ4n) is 1.03. The van der Waals surface area contributed by atoms with Gasteiger partial charge in [0.05, 0.1) is 14.2 Å². The highest BCUT2D eigenvalue weighted by molar-refractivity contribution is 6.18. The summed E-state index contributed by atoms with van der Waals surface area (Å²) in [6, 6.07) is 0. The summed E-state index contributed by atoms with van der Waals surface area (Å²) in [6.45, 7) is 1.51. The molecule has 0 aliphatic heterocycles. The fraction of sp³-hybridized carbons (Fsp3) is 0.333. The Morgan fingerprint density at radius 3 is 2.08 bits per heavy atom. The predicted molar refractivity (Wildman–Crippen MR) is 43.5 cm³/mol. The van der Waals surface area contributed by atoms with Gasteiger partial charge in [-0.3, -0.25) is 9.59 Å². The molecule has 0 saturated heterocycles. The molecule has 4 heteroatoms. The monoisotopic (exact) mass is 181 g/mol. The number of rotatable bonds is 2. The van der Waals surface area contributed by atoms with Crippen LogP contribution in [-0.4, -0.2) is 25.8 Å². The van der Waals surface area contributed by atoms with Gasteiger partial charge >= 0.3 is 0 Å². The van der Waals surface area contributed by atoms with Gasteiger partial charge < -0.3 is 9.47 Å². The lowest BCUT2D eigenvalue weighted by Gasteiger charge is -2.13. The number of methoxy groups -OCH3 is 2. The quantitative estimate of drug-likeness (QED) is 0.578. The lowest BCUT2D eigenvalue weighted by molar-refractivity contribution is -0.120. The zero-order valence-electron chi connectivity index (χ0n) is 7.63. The lowest BCUT2D eigenvalue weighted by Crippen LogP contribution is -2.20. The van der Waals surface area contributed by atoms with Crippen LogP contribution >= 0.6 is 0 Å². The Balaban J connectivity index is 3.19. The molecule has 1 radical (unpaired) electrons. The Hall–Kier alpha value is -1.58. The van der Waals surface area contributed by atoms with Crippen molar-refractivity contribution in [3.8, 4) is 0 Å². The number of Topliss-reactive ketones (excluding diaryl/α,β-unsaturated/α-hetero) is 2.